The van der Waals surface area contributed by atoms with Crippen molar-refractivity contribution >= 4 is 19.9 Å². The van der Waals surface area contributed by atoms with Gasteiger partial charge in [0.15, 0.2) is 19.9 Å². The van der Waals surface area contributed by atoms with Gasteiger partial charge in [0, 0.05) is 24.0 Å². The second kappa shape index (κ2) is 8.51. The SMILES string of the molecule is CC(C)(C)[Si](C)(C)OCC1=CC(O)CC1=O.O=C1CC(O)C=C1CO. The largest absolute Gasteiger partial charge is 0.412 e. The Morgan fingerprint density at radius 2 is 1.48 bits per heavy atom. The predicted molar refractivity (Wildman–Crippen MR) is 97.7 cm³/mol. The fourth-order valence-electron chi connectivity index (χ4n) is 2.15. The van der Waals surface area contributed by atoms with Crippen LogP contribution in [0.4, 0.5) is 0 Å². The predicted octanol–water partition coefficient (Wildman–Crippen LogP) is 1.51. The summed E-state index contributed by atoms with van der Waals surface area (Å²) in [6.45, 7) is 10.9. The van der Waals surface area contributed by atoms with Gasteiger partial charge in [-0.1, -0.05) is 20.8 Å². The molecule has 0 fully saturated rings. The molecule has 25 heavy (non-hydrogen) atoms. The van der Waals surface area contributed by atoms with Gasteiger partial charge in [0.2, 0.25) is 0 Å². The van der Waals surface area contributed by atoms with Crippen molar-refractivity contribution in [3.05, 3.63) is 23.3 Å². The van der Waals surface area contributed by atoms with Crippen LogP contribution in [-0.4, -0.2) is 60.6 Å². The molecule has 0 aromatic rings. The number of aliphatic hydroxyl groups excluding tert-OH is 3. The zero-order chi connectivity index (χ0) is 19.4. The highest BCUT2D eigenvalue weighted by Crippen LogP contribution is 2.37. The van der Waals surface area contributed by atoms with Crippen molar-refractivity contribution in [2.45, 2.75) is 64.0 Å². The van der Waals surface area contributed by atoms with Gasteiger partial charge in [-0.25, -0.2) is 0 Å². The van der Waals surface area contributed by atoms with Gasteiger partial charge in [-0.3, -0.25) is 9.59 Å². The third kappa shape index (κ3) is 6.27. The first kappa shape index (κ1) is 21.9. The van der Waals surface area contributed by atoms with Gasteiger partial charge in [0.05, 0.1) is 25.4 Å². The van der Waals surface area contributed by atoms with E-state index >= 15 is 0 Å². The second-order valence-corrected chi connectivity index (χ2v) is 12.8. The van der Waals surface area contributed by atoms with Crippen LogP contribution < -0.4 is 0 Å². The molecule has 2 rings (SSSR count). The maximum Gasteiger partial charge on any atom is 0.192 e. The van der Waals surface area contributed by atoms with E-state index in [9.17, 15) is 14.7 Å². The highest BCUT2D eigenvalue weighted by atomic mass is 28.4. The van der Waals surface area contributed by atoms with Gasteiger partial charge in [-0.2, -0.15) is 0 Å². The van der Waals surface area contributed by atoms with Crippen molar-refractivity contribution < 1.29 is 29.3 Å². The smallest absolute Gasteiger partial charge is 0.192 e. The van der Waals surface area contributed by atoms with Gasteiger partial charge < -0.3 is 19.7 Å². The molecule has 7 heteroatoms. The van der Waals surface area contributed by atoms with Crippen molar-refractivity contribution in [2.75, 3.05) is 13.2 Å². The topological polar surface area (TPSA) is 104 Å². The molecule has 0 saturated heterocycles. The average molecular weight is 371 g/mol. The molecule has 142 valence electrons. The minimum absolute atomic E-state index is 0.0196. The highest BCUT2D eigenvalue weighted by molar-refractivity contribution is 6.74. The summed E-state index contributed by atoms with van der Waals surface area (Å²) in [5.41, 5.74) is 0.972. The van der Waals surface area contributed by atoms with E-state index in [1.165, 1.54) is 6.08 Å². The molecule has 2 atom stereocenters. The molecule has 2 unspecified atom stereocenters. The van der Waals surface area contributed by atoms with Crippen molar-refractivity contribution in [1.29, 1.82) is 0 Å². The van der Waals surface area contributed by atoms with Crippen LogP contribution in [0.3, 0.4) is 0 Å². The summed E-state index contributed by atoms with van der Waals surface area (Å²) >= 11 is 0. The van der Waals surface area contributed by atoms with Crippen LogP contribution in [0.1, 0.15) is 33.6 Å². The first-order valence-corrected chi connectivity index (χ1v) is 11.4. The summed E-state index contributed by atoms with van der Waals surface area (Å²) in [4.78, 5) is 22.1. The number of ketones is 2. The molecule has 0 aromatic carbocycles. The molecule has 0 aromatic heterocycles. The van der Waals surface area contributed by atoms with E-state index in [1.807, 2.05) is 0 Å². The van der Waals surface area contributed by atoms with E-state index in [0.29, 0.717) is 17.8 Å². The zero-order valence-corrected chi connectivity index (χ0v) is 16.7. The van der Waals surface area contributed by atoms with Crippen LogP contribution in [-0.2, 0) is 14.0 Å². The number of hydrogen-bond acceptors (Lipinski definition) is 6. The molecular weight excluding hydrogens is 340 g/mol. The van der Waals surface area contributed by atoms with E-state index in [-0.39, 0.29) is 36.1 Å². The van der Waals surface area contributed by atoms with Crippen LogP contribution in [0, 0.1) is 0 Å². The fraction of sp³-hybridized carbons (Fsp3) is 0.667. The van der Waals surface area contributed by atoms with Gasteiger partial charge in [0.25, 0.3) is 0 Å². The van der Waals surface area contributed by atoms with Crippen LogP contribution >= 0.6 is 0 Å². The van der Waals surface area contributed by atoms with Gasteiger partial charge in [-0.05, 0) is 30.3 Å². The average Bonchev–Trinajstić information content (AvgIpc) is 2.97. The Morgan fingerprint density at radius 1 is 1.04 bits per heavy atom. The molecule has 3 N–H and O–H groups in total. The van der Waals surface area contributed by atoms with Crippen molar-refractivity contribution in [1.82, 2.24) is 0 Å². The number of Topliss-reactive ketones (excluding diaryl/α,β-unsaturated/α-hetero) is 2. The summed E-state index contributed by atoms with van der Waals surface area (Å²) in [5, 5.41) is 26.7. The summed E-state index contributed by atoms with van der Waals surface area (Å²) in [6, 6.07) is 0. The van der Waals surface area contributed by atoms with Gasteiger partial charge in [-0.15, -0.1) is 0 Å². The fourth-order valence-corrected chi connectivity index (χ4v) is 3.10. The minimum atomic E-state index is -1.80. The maximum atomic E-state index is 11.5. The Labute approximate surface area is 150 Å². The number of carbonyl (C=O) groups is 2. The zero-order valence-electron chi connectivity index (χ0n) is 15.7. The van der Waals surface area contributed by atoms with E-state index < -0.39 is 20.5 Å². The summed E-state index contributed by atoms with van der Waals surface area (Å²) in [6.07, 6.45) is 2.09. The third-order valence-electron chi connectivity index (χ3n) is 4.86. The van der Waals surface area contributed by atoms with Crippen LogP contribution in [0.25, 0.3) is 0 Å². The van der Waals surface area contributed by atoms with Gasteiger partial charge >= 0.3 is 0 Å². The third-order valence-corrected chi connectivity index (χ3v) is 9.34. The van der Waals surface area contributed by atoms with E-state index in [0.717, 1.165) is 0 Å². The Hall–Kier alpha value is -1.12. The molecule has 2 aliphatic carbocycles. The summed E-state index contributed by atoms with van der Waals surface area (Å²) in [7, 11) is -1.80. The Morgan fingerprint density at radius 3 is 1.76 bits per heavy atom. The van der Waals surface area contributed by atoms with Crippen LogP contribution in [0.5, 0.6) is 0 Å². The maximum absolute atomic E-state index is 11.5. The second-order valence-electron chi connectivity index (χ2n) is 7.98. The highest BCUT2D eigenvalue weighted by Gasteiger charge is 2.38. The molecule has 6 nitrogen and oxygen atoms in total. The quantitative estimate of drug-likeness (QED) is 0.648. The molecular formula is C18H30O6Si. The Kier molecular flexibility index (Phi) is 7.46. The van der Waals surface area contributed by atoms with E-state index in [2.05, 4.69) is 33.9 Å². The molecule has 0 spiro atoms. The van der Waals surface area contributed by atoms with E-state index in [1.54, 1.807) is 6.08 Å². The molecule has 2 aliphatic rings. The lowest BCUT2D eigenvalue weighted by atomic mass is 10.2. The first-order valence-electron chi connectivity index (χ1n) is 8.46. The first-order chi connectivity index (χ1) is 11.4. The van der Waals surface area contributed by atoms with Crippen molar-refractivity contribution in [2.24, 2.45) is 0 Å². The lowest BCUT2D eigenvalue weighted by Gasteiger charge is -2.36. The molecule has 0 saturated carbocycles. The van der Waals surface area contributed by atoms with Crippen molar-refractivity contribution in [3.8, 4) is 0 Å². The van der Waals surface area contributed by atoms with Crippen molar-refractivity contribution in [3.63, 3.8) is 0 Å². The lowest BCUT2D eigenvalue weighted by Crippen LogP contribution is -2.41. The Balaban J connectivity index is 0.000000293. The Bertz CT molecular complexity index is 571. The van der Waals surface area contributed by atoms with Gasteiger partial charge in [0.1, 0.15) is 0 Å². The molecule has 0 bridgehead atoms. The summed E-state index contributed by atoms with van der Waals surface area (Å²) < 4.78 is 5.94. The van der Waals surface area contributed by atoms with Crippen LogP contribution in [0.15, 0.2) is 23.3 Å². The normalized spacial score (nSPS) is 24.0. The molecule has 0 heterocycles. The monoisotopic (exact) mass is 370 g/mol. The number of hydrogen-bond donors (Lipinski definition) is 3. The number of aliphatic hydroxyl groups is 3. The number of rotatable bonds is 4. The molecule has 0 amide bonds. The minimum Gasteiger partial charge on any atom is -0.412 e. The molecule has 0 radical (unpaired) electrons. The summed E-state index contributed by atoms with van der Waals surface area (Å²) in [5.74, 6) is -0.129. The molecule has 0 aliphatic heterocycles. The standard InChI is InChI=1S/C12H22O3Si.C6H8O3/c1-12(2,3)16(4,5)15-8-9-6-10(13)7-11(9)14;7-3-4-1-5(8)2-6(4)9/h6,10,13H,7-8H2,1-5H3;1,5,7-8H,2-3H2. The van der Waals surface area contributed by atoms with Crippen LogP contribution in [0.2, 0.25) is 18.1 Å². The lowest BCUT2D eigenvalue weighted by molar-refractivity contribution is -0.117. The van der Waals surface area contributed by atoms with E-state index in [4.69, 9.17) is 14.6 Å². The number of carbonyl (C=O) groups excluding carboxylic acids is 2.